The highest BCUT2D eigenvalue weighted by Crippen LogP contribution is 2.31. The number of hydrogen-bond acceptors (Lipinski definition) is 3. The Kier molecular flexibility index (Phi) is 5.62. The highest BCUT2D eigenvalue weighted by Gasteiger charge is 2.17. The van der Waals surface area contributed by atoms with Gasteiger partial charge in [0.2, 0.25) is 0 Å². The Hall–Kier alpha value is -1.10. The lowest BCUT2D eigenvalue weighted by Crippen LogP contribution is -2.18. The monoisotopic (exact) mass is 368 g/mol. The first-order valence-corrected chi connectivity index (χ1v) is 7.92. The zero-order valence-electron chi connectivity index (χ0n) is 12.2. The van der Waals surface area contributed by atoms with Gasteiger partial charge >= 0.3 is 0 Å². The fraction of sp³-hybridized carbons (Fsp3) is 0.312. The van der Waals surface area contributed by atoms with Crippen LogP contribution in [0.5, 0.6) is 5.75 Å². The SMILES string of the molecule is CNC(c1cncc(OC(C)C)c1)c1cc(Br)ccc1Cl. The largest absolute Gasteiger partial charge is 0.489 e. The van der Waals surface area contributed by atoms with Gasteiger partial charge < -0.3 is 10.1 Å². The predicted octanol–water partition coefficient (Wildman–Crippen LogP) is 4.59. The van der Waals surface area contributed by atoms with Crippen molar-refractivity contribution in [1.29, 1.82) is 0 Å². The lowest BCUT2D eigenvalue weighted by Gasteiger charge is -2.19. The summed E-state index contributed by atoms with van der Waals surface area (Å²) in [5.41, 5.74) is 2.01. The number of pyridine rings is 1. The molecule has 0 saturated heterocycles. The maximum Gasteiger partial charge on any atom is 0.138 e. The van der Waals surface area contributed by atoms with Crippen LogP contribution in [0.1, 0.15) is 31.0 Å². The summed E-state index contributed by atoms with van der Waals surface area (Å²) in [5, 5.41) is 4.00. The molecule has 1 N–H and O–H groups in total. The van der Waals surface area contributed by atoms with Crippen molar-refractivity contribution < 1.29 is 4.74 Å². The van der Waals surface area contributed by atoms with E-state index in [1.807, 2.05) is 51.4 Å². The molecule has 0 bridgehead atoms. The zero-order valence-corrected chi connectivity index (χ0v) is 14.6. The van der Waals surface area contributed by atoms with Gasteiger partial charge in [0.05, 0.1) is 18.3 Å². The summed E-state index contributed by atoms with van der Waals surface area (Å²) in [6, 6.07) is 7.77. The standard InChI is InChI=1S/C16H18BrClN2O/c1-10(2)21-13-6-11(8-20-9-13)16(19-3)14-7-12(17)4-5-15(14)18/h4-10,16,19H,1-3H3. The van der Waals surface area contributed by atoms with E-state index in [0.717, 1.165) is 21.3 Å². The van der Waals surface area contributed by atoms with Crippen LogP contribution in [0, 0.1) is 0 Å². The molecule has 1 heterocycles. The average Bonchev–Trinajstić information content (AvgIpc) is 2.43. The molecule has 0 radical (unpaired) electrons. The molecule has 1 aromatic carbocycles. The summed E-state index contributed by atoms with van der Waals surface area (Å²) in [6.07, 6.45) is 3.66. The smallest absolute Gasteiger partial charge is 0.138 e. The van der Waals surface area contributed by atoms with E-state index in [1.54, 1.807) is 6.20 Å². The van der Waals surface area contributed by atoms with Crippen LogP contribution in [0.15, 0.2) is 41.1 Å². The number of rotatable bonds is 5. The number of nitrogens with zero attached hydrogens (tertiary/aromatic N) is 1. The molecule has 1 atom stereocenters. The minimum absolute atomic E-state index is 0.0433. The van der Waals surface area contributed by atoms with E-state index in [2.05, 4.69) is 26.2 Å². The predicted molar refractivity (Wildman–Crippen MR) is 90.1 cm³/mol. The van der Waals surface area contributed by atoms with Crippen LogP contribution in [0.3, 0.4) is 0 Å². The van der Waals surface area contributed by atoms with Crippen LogP contribution < -0.4 is 10.1 Å². The Labute approximate surface area is 138 Å². The Morgan fingerprint density at radius 2 is 2.00 bits per heavy atom. The first-order chi connectivity index (χ1) is 10.0. The molecular formula is C16H18BrClN2O. The van der Waals surface area contributed by atoms with Crippen LogP contribution in [0.4, 0.5) is 0 Å². The number of nitrogens with one attached hydrogen (secondary N) is 1. The lowest BCUT2D eigenvalue weighted by atomic mass is 10.0. The van der Waals surface area contributed by atoms with Gasteiger partial charge in [-0.05, 0) is 56.3 Å². The normalized spacial score (nSPS) is 12.5. The van der Waals surface area contributed by atoms with E-state index in [4.69, 9.17) is 16.3 Å². The second-order valence-electron chi connectivity index (χ2n) is 5.01. The van der Waals surface area contributed by atoms with Crippen molar-refractivity contribution in [2.75, 3.05) is 7.05 Å². The van der Waals surface area contributed by atoms with E-state index in [1.165, 1.54) is 0 Å². The van der Waals surface area contributed by atoms with Gasteiger partial charge in [-0.25, -0.2) is 0 Å². The summed E-state index contributed by atoms with van der Waals surface area (Å²) < 4.78 is 6.70. The van der Waals surface area contributed by atoms with Crippen LogP contribution in [0.2, 0.25) is 5.02 Å². The number of benzene rings is 1. The summed E-state index contributed by atoms with van der Waals surface area (Å²) in [4.78, 5) is 4.26. The minimum atomic E-state index is -0.0433. The molecule has 3 nitrogen and oxygen atoms in total. The fourth-order valence-corrected chi connectivity index (χ4v) is 2.77. The molecule has 0 fully saturated rings. The quantitative estimate of drug-likeness (QED) is 0.837. The third-order valence-corrected chi connectivity index (χ3v) is 3.83. The molecule has 5 heteroatoms. The minimum Gasteiger partial charge on any atom is -0.489 e. The van der Waals surface area contributed by atoms with Gasteiger partial charge in [-0.2, -0.15) is 0 Å². The van der Waals surface area contributed by atoms with Gasteiger partial charge in [0.1, 0.15) is 5.75 Å². The third kappa shape index (κ3) is 4.19. The van der Waals surface area contributed by atoms with Crippen LogP contribution >= 0.6 is 27.5 Å². The van der Waals surface area contributed by atoms with Gasteiger partial charge in [0.15, 0.2) is 0 Å². The van der Waals surface area contributed by atoms with E-state index in [0.29, 0.717) is 5.02 Å². The second-order valence-corrected chi connectivity index (χ2v) is 6.33. The maximum absolute atomic E-state index is 6.33. The van der Waals surface area contributed by atoms with Gasteiger partial charge in [0, 0.05) is 15.7 Å². The number of hydrogen-bond donors (Lipinski definition) is 1. The lowest BCUT2D eigenvalue weighted by molar-refractivity contribution is 0.241. The van der Waals surface area contributed by atoms with Crippen molar-refractivity contribution in [3.63, 3.8) is 0 Å². The Morgan fingerprint density at radius 3 is 2.67 bits per heavy atom. The van der Waals surface area contributed by atoms with Crippen molar-refractivity contribution in [1.82, 2.24) is 10.3 Å². The summed E-state index contributed by atoms with van der Waals surface area (Å²) >= 11 is 9.82. The van der Waals surface area contributed by atoms with E-state index in [-0.39, 0.29) is 12.1 Å². The van der Waals surface area contributed by atoms with Gasteiger partial charge in [0.25, 0.3) is 0 Å². The molecule has 2 aromatic rings. The molecule has 0 spiro atoms. The summed E-state index contributed by atoms with van der Waals surface area (Å²) in [7, 11) is 1.90. The van der Waals surface area contributed by atoms with E-state index < -0.39 is 0 Å². The Bertz CT molecular complexity index is 619. The number of halogens is 2. The fourth-order valence-electron chi connectivity index (χ4n) is 2.17. The third-order valence-electron chi connectivity index (χ3n) is 3.00. The van der Waals surface area contributed by atoms with Gasteiger partial charge in [-0.15, -0.1) is 0 Å². The molecule has 1 aromatic heterocycles. The highest BCUT2D eigenvalue weighted by molar-refractivity contribution is 9.10. The average molecular weight is 370 g/mol. The maximum atomic E-state index is 6.33. The van der Waals surface area contributed by atoms with Crippen molar-refractivity contribution in [3.05, 3.63) is 57.3 Å². The van der Waals surface area contributed by atoms with Crippen molar-refractivity contribution in [2.45, 2.75) is 26.0 Å². The molecule has 0 saturated carbocycles. The van der Waals surface area contributed by atoms with E-state index in [9.17, 15) is 0 Å². The van der Waals surface area contributed by atoms with Crippen LogP contribution in [-0.2, 0) is 0 Å². The second kappa shape index (κ2) is 7.25. The zero-order chi connectivity index (χ0) is 15.4. The van der Waals surface area contributed by atoms with Crippen LogP contribution in [0.25, 0.3) is 0 Å². The Morgan fingerprint density at radius 1 is 1.24 bits per heavy atom. The van der Waals surface area contributed by atoms with Crippen molar-refractivity contribution >= 4 is 27.5 Å². The Balaban J connectivity index is 2.39. The summed E-state index contributed by atoms with van der Waals surface area (Å²) in [6.45, 7) is 3.99. The van der Waals surface area contributed by atoms with Gasteiger partial charge in [-0.1, -0.05) is 27.5 Å². The van der Waals surface area contributed by atoms with Crippen molar-refractivity contribution in [2.24, 2.45) is 0 Å². The first kappa shape index (κ1) is 16.3. The highest BCUT2D eigenvalue weighted by atomic mass is 79.9. The van der Waals surface area contributed by atoms with E-state index >= 15 is 0 Å². The molecule has 0 aliphatic carbocycles. The molecule has 2 rings (SSSR count). The topological polar surface area (TPSA) is 34.2 Å². The van der Waals surface area contributed by atoms with Crippen LogP contribution in [-0.4, -0.2) is 18.1 Å². The van der Waals surface area contributed by atoms with Crippen molar-refractivity contribution in [3.8, 4) is 5.75 Å². The molecule has 0 aliphatic heterocycles. The number of ether oxygens (including phenoxy) is 1. The molecule has 0 amide bonds. The molecule has 0 aliphatic rings. The number of aromatic nitrogens is 1. The molecule has 21 heavy (non-hydrogen) atoms. The molecule has 112 valence electrons. The molecule has 1 unspecified atom stereocenters. The first-order valence-electron chi connectivity index (χ1n) is 6.75. The van der Waals surface area contributed by atoms with Gasteiger partial charge in [-0.3, -0.25) is 4.98 Å². The molecular weight excluding hydrogens is 352 g/mol. The summed E-state index contributed by atoms with van der Waals surface area (Å²) in [5.74, 6) is 0.758.